The summed E-state index contributed by atoms with van der Waals surface area (Å²) in [5.74, 6) is -4.36. The molecule has 0 saturated carbocycles. The van der Waals surface area contributed by atoms with Crippen molar-refractivity contribution in [3.63, 3.8) is 0 Å². The molecule has 6 nitrogen and oxygen atoms in total. The summed E-state index contributed by atoms with van der Waals surface area (Å²) in [5, 5.41) is 12.8. The first-order chi connectivity index (χ1) is 13.6. The van der Waals surface area contributed by atoms with Crippen molar-refractivity contribution in [3.8, 4) is 5.75 Å². The molecule has 1 aliphatic heterocycles. The van der Waals surface area contributed by atoms with Crippen molar-refractivity contribution < 1.29 is 32.8 Å². The quantitative estimate of drug-likeness (QED) is 0.482. The predicted octanol–water partition coefficient (Wildman–Crippen LogP) is 3.15. The van der Waals surface area contributed by atoms with Crippen LogP contribution in [0.5, 0.6) is 5.75 Å². The smallest absolute Gasteiger partial charge is 0.534 e. The molecule has 1 heterocycles. The Balaban J connectivity index is 2.04. The number of alkyl halides is 2. The summed E-state index contributed by atoms with van der Waals surface area (Å²) in [7, 11) is -1.40. The van der Waals surface area contributed by atoms with E-state index in [2.05, 4.69) is 5.32 Å². The van der Waals surface area contributed by atoms with Crippen molar-refractivity contribution in [1.29, 1.82) is 0 Å². The van der Waals surface area contributed by atoms with Crippen LogP contribution in [0.25, 0.3) is 0 Å². The van der Waals surface area contributed by atoms with Gasteiger partial charge in [0.05, 0.1) is 12.5 Å². The first-order valence-corrected chi connectivity index (χ1v) is 9.95. The van der Waals surface area contributed by atoms with E-state index in [4.69, 9.17) is 9.39 Å². The van der Waals surface area contributed by atoms with Crippen molar-refractivity contribution in [2.24, 2.45) is 5.92 Å². The Labute approximate surface area is 170 Å². The third kappa shape index (κ3) is 6.70. The van der Waals surface area contributed by atoms with Gasteiger partial charge in [-0.1, -0.05) is 38.8 Å². The van der Waals surface area contributed by atoms with Gasteiger partial charge < -0.3 is 19.7 Å². The number of hydrogen-bond acceptors (Lipinski definition) is 5. The summed E-state index contributed by atoms with van der Waals surface area (Å²) in [6, 6.07) is 4.95. The number of nitrogens with one attached hydrogen (secondary N) is 1. The molecule has 0 saturated heterocycles. The minimum Gasteiger partial charge on any atom is -0.534 e. The topological polar surface area (TPSA) is 84.9 Å². The number of hydrogen-bond donors (Lipinski definition) is 2. The summed E-state index contributed by atoms with van der Waals surface area (Å²) in [4.78, 5) is 24.4. The molecule has 1 aromatic rings. The van der Waals surface area contributed by atoms with E-state index in [0.29, 0.717) is 12.2 Å². The summed E-state index contributed by atoms with van der Waals surface area (Å²) >= 11 is 0. The van der Waals surface area contributed by atoms with E-state index in [1.165, 1.54) is 0 Å². The van der Waals surface area contributed by atoms with Gasteiger partial charge in [-0.25, -0.2) is 13.6 Å². The second-order valence-corrected chi connectivity index (χ2v) is 7.53. The Morgan fingerprint density at radius 3 is 2.69 bits per heavy atom. The number of ether oxygens (including phenoxy) is 1. The maximum absolute atomic E-state index is 12.9. The lowest BCUT2D eigenvalue weighted by molar-refractivity contribution is -0.123. The highest BCUT2D eigenvalue weighted by Gasteiger charge is 2.38. The summed E-state index contributed by atoms with van der Waals surface area (Å²) < 4.78 is 36.7. The molecule has 0 spiro atoms. The van der Waals surface area contributed by atoms with Crippen molar-refractivity contribution in [2.75, 3.05) is 6.61 Å². The molecule has 0 unspecified atom stereocenters. The largest absolute Gasteiger partial charge is 0.547 e. The highest BCUT2D eigenvalue weighted by Crippen LogP contribution is 2.31. The van der Waals surface area contributed by atoms with Gasteiger partial charge in [0.25, 0.3) is 0 Å². The summed E-state index contributed by atoms with van der Waals surface area (Å²) in [6.07, 6.45) is 1.07. The molecule has 1 aliphatic rings. The Bertz CT molecular complexity index is 721. The maximum Gasteiger partial charge on any atom is 0.547 e. The van der Waals surface area contributed by atoms with Crippen LogP contribution in [0.4, 0.5) is 8.78 Å². The van der Waals surface area contributed by atoms with E-state index in [1.807, 2.05) is 13.8 Å². The Morgan fingerprint density at radius 1 is 1.38 bits per heavy atom. The summed E-state index contributed by atoms with van der Waals surface area (Å²) in [6.45, 7) is 5.11. The zero-order chi connectivity index (χ0) is 21.6. The second-order valence-electron chi connectivity index (χ2n) is 7.53. The molecule has 160 valence electrons. The molecule has 29 heavy (non-hydrogen) atoms. The highest BCUT2D eigenvalue weighted by molar-refractivity contribution is 6.47. The van der Waals surface area contributed by atoms with Crippen molar-refractivity contribution in [2.45, 2.75) is 64.7 Å². The lowest BCUT2D eigenvalue weighted by atomic mass is 9.72. The molecule has 1 atom stereocenters. The van der Waals surface area contributed by atoms with Gasteiger partial charge in [0.1, 0.15) is 11.3 Å². The van der Waals surface area contributed by atoms with E-state index < -0.39 is 37.3 Å². The lowest BCUT2D eigenvalue weighted by Gasteiger charge is -2.29. The highest BCUT2D eigenvalue weighted by atomic mass is 19.3. The molecule has 1 amide bonds. The third-order valence-electron chi connectivity index (χ3n) is 5.08. The molecule has 2 N–H and O–H groups in total. The molecule has 0 fully saturated rings. The zero-order valence-corrected chi connectivity index (χ0v) is 17.0. The van der Waals surface area contributed by atoms with Crippen LogP contribution < -0.4 is 9.97 Å². The number of benzene rings is 1. The molecule has 9 heteroatoms. The molecular weight excluding hydrogens is 383 g/mol. The number of carbonyl (C=O) groups is 2. The number of para-hydroxylation sites is 1. The van der Waals surface area contributed by atoms with E-state index >= 15 is 0 Å². The molecular formula is C20H28BF2NO5. The second kappa shape index (κ2) is 10.0. The van der Waals surface area contributed by atoms with E-state index in [0.717, 1.165) is 19.8 Å². The lowest BCUT2D eigenvalue weighted by Crippen LogP contribution is -2.53. The van der Waals surface area contributed by atoms with Gasteiger partial charge in [-0.05, 0) is 30.9 Å². The first kappa shape index (κ1) is 23.1. The fourth-order valence-electron chi connectivity index (χ4n) is 3.12. The average molecular weight is 411 g/mol. The molecule has 0 aliphatic carbocycles. The minimum absolute atomic E-state index is 0.207. The van der Waals surface area contributed by atoms with E-state index in [9.17, 15) is 23.4 Å². The monoisotopic (exact) mass is 411 g/mol. The Morgan fingerprint density at radius 2 is 2.07 bits per heavy atom. The van der Waals surface area contributed by atoms with Crippen molar-refractivity contribution >= 4 is 19.0 Å². The number of esters is 1. The molecule has 0 radical (unpaired) electrons. The molecule has 0 bridgehead atoms. The summed E-state index contributed by atoms with van der Waals surface area (Å²) in [5.41, 5.74) is 0.835. The number of rotatable bonds is 9. The van der Waals surface area contributed by atoms with Crippen LogP contribution >= 0.6 is 0 Å². The number of halogens is 2. The van der Waals surface area contributed by atoms with Crippen molar-refractivity contribution in [1.82, 2.24) is 5.32 Å². The maximum atomic E-state index is 12.9. The van der Waals surface area contributed by atoms with Gasteiger partial charge in [-0.2, -0.15) is 0 Å². The van der Waals surface area contributed by atoms with Crippen LogP contribution in [0, 0.1) is 5.92 Å². The molecule has 0 aromatic heterocycles. The van der Waals surface area contributed by atoms with Crippen LogP contribution in [-0.4, -0.2) is 42.5 Å². The van der Waals surface area contributed by atoms with Crippen LogP contribution in [0.15, 0.2) is 18.2 Å². The molecule has 2 rings (SSSR count). The predicted molar refractivity (Wildman–Crippen MR) is 105 cm³/mol. The van der Waals surface area contributed by atoms with E-state index in [1.54, 1.807) is 18.2 Å². The fourth-order valence-corrected chi connectivity index (χ4v) is 3.12. The van der Waals surface area contributed by atoms with Crippen LogP contribution in [0.1, 0.15) is 62.4 Å². The number of amides is 1. The van der Waals surface area contributed by atoms with Gasteiger partial charge >= 0.3 is 13.1 Å². The van der Waals surface area contributed by atoms with Gasteiger partial charge in [0.2, 0.25) is 11.8 Å². The average Bonchev–Trinajstić information content (AvgIpc) is 2.66. The van der Waals surface area contributed by atoms with Crippen LogP contribution in [0.2, 0.25) is 0 Å². The van der Waals surface area contributed by atoms with Crippen LogP contribution in [-0.2, 0) is 16.0 Å². The standard InChI is InChI=1S/C20H28BF2NO5/c1-4-13(5-2)12-28-19(26)15-8-6-7-14-11-16(21(27)29-18(14)15)24-17(25)9-10-20(3,22)23/h6-8,13,16,27H,4-5,9-12H2,1-3H3,(H,24,25)/t16-/m0/s1. The van der Waals surface area contributed by atoms with Gasteiger partial charge in [0, 0.05) is 12.8 Å². The van der Waals surface area contributed by atoms with E-state index in [-0.39, 0.29) is 30.1 Å². The Kier molecular flexibility index (Phi) is 8.01. The van der Waals surface area contributed by atoms with Crippen LogP contribution in [0.3, 0.4) is 0 Å². The van der Waals surface area contributed by atoms with Gasteiger partial charge in [-0.15, -0.1) is 0 Å². The fraction of sp³-hybridized carbons (Fsp3) is 0.600. The van der Waals surface area contributed by atoms with Crippen molar-refractivity contribution in [3.05, 3.63) is 29.3 Å². The minimum atomic E-state index is -2.94. The third-order valence-corrected chi connectivity index (χ3v) is 5.08. The number of fused-ring (bicyclic) bond motifs is 1. The van der Waals surface area contributed by atoms with Gasteiger partial charge in [0.15, 0.2) is 0 Å². The molecule has 1 aromatic carbocycles. The number of carbonyl (C=O) groups excluding carboxylic acids is 2. The zero-order valence-electron chi connectivity index (χ0n) is 17.0. The first-order valence-electron chi connectivity index (χ1n) is 9.95. The Hall–Kier alpha value is -2.16. The SMILES string of the molecule is CCC(CC)COC(=O)c1cccc2c1OB(O)[C@@H](NC(=O)CCC(C)(F)F)C2. The normalized spacial score (nSPS) is 16.2. The van der Waals surface area contributed by atoms with Gasteiger partial charge in [-0.3, -0.25) is 4.79 Å².